The molecule has 3 heterocycles. The molecule has 1 fully saturated rings. The van der Waals surface area contributed by atoms with Crippen LogP contribution in [-0.2, 0) is 0 Å². The highest BCUT2D eigenvalue weighted by atomic mass is 32.1. The fourth-order valence-electron chi connectivity index (χ4n) is 3.49. The minimum atomic E-state index is 0.0160. The maximum absolute atomic E-state index is 12.9. The molecule has 2 aromatic heterocycles. The van der Waals surface area contributed by atoms with Gasteiger partial charge in [0.25, 0.3) is 5.91 Å². The van der Waals surface area contributed by atoms with Crippen molar-refractivity contribution in [2.75, 3.05) is 24.5 Å². The molecule has 27 heavy (non-hydrogen) atoms. The summed E-state index contributed by atoms with van der Waals surface area (Å²) in [5, 5.41) is 2.71. The highest BCUT2D eigenvalue weighted by Gasteiger charge is 2.28. The Balaban J connectivity index is 1.46. The van der Waals surface area contributed by atoms with E-state index >= 15 is 0 Å². The number of hydrogen-bond acceptors (Lipinski definition) is 5. The zero-order chi connectivity index (χ0) is 18.8. The summed E-state index contributed by atoms with van der Waals surface area (Å²) in [5.41, 5.74) is 4.00. The Morgan fingerprint density at radius 1 is 1.19 bits per heavy atom. The molecular weight excluding hydrogens is 356 g/mol. The quantitative estimate of drug-likeness (QED) is 0.694. The summed E-state index contributed by atoms with van der Waals surface area (Å²) in [5.74, 6) is 0.0160. The van der Waals surface area contributed by atoms with Crippen LogP contribution in [0.5, 0.6) is 0 Å². The number of anilines is 1. The van der Waals surface area contributed by atoms with Crippen LogP contribution in [0.25, 0.3) is 10.6 Å². The number of carbonyl (C=O) groups excluding carboxylic acids is 1. The smallest absolute Gasteiger partial charge is 0.273 e. The highest BCUT2D eigenvalue weighted by molar-refractivity contribution is 7.13. The molecule has 0 spiro atoms. The van der Waals surface area contributed by atoms with E-state index in [1.54, 1.807) is 12.4 Å². The molecule has 4 rings (SSSR count). The zero-order valence-electron chi connectivity index (χ0n) is 15.5. The Hall–Kier alpha value is -2.73. The van der Waals surface area contributed by atoms with Gasteiger partial charge in [0.15, 0.2) is 0 Å². The van der Waals surface area contributed by atoms with Crippen LogP contribution >= 0.6 is 11.3 Å². The van der Waals surface area contributed by atoms with Crippen molar-refractivity contribution in [2.45, 2.75) is 19.9 Å². The topological polar surface area (TPSA) is 49.3 Å². The lowest BCUT2D eigenvalue weighted by Crippen LogP contribution is -2.53. The summed E-state index contributed by atoms with van der Waals surface area (Å²) in [6.45, 7) is 6.52. The second-order valence-corrected chi connectivity index (χ2v) is 7.76. The molecule has 6 heteroatoms. The monoisotopic (exact) mass is 378 g/mol. The van der Waals surface area contributed by atoms with Crippen molar-refractivity contribution in [3.8, 4) is 10.6 Å². The van der Waals surface area contributed by atoms with E-state index in [1.807, 2.05) is 22.4 Å². The Bertz CT molecular complexity index is 940. The van der Waals surface area contributed by atoms with Gasteiger partial charge in [-0.05, 0) is 43.7 Å². The van der Waals surface area contributed by atoms with Crippen molar-refractivity contribution in [3.05, 3.63) is 65.4 Å². The summed E-state index contributed by atoms with van der Waals surface area (Å²) in [4.78, 5) is 25.8. The first-order chi connectivity index (χ1) is 13.1. The Labute approximate surface area is 163 Å². The number of thiazole rings is 1. The van der Waals surface area contributed by atoms with Crippen LogP contribution in [-0.4, -0.2) is 46.5 Å². The highest BCUT2D eigenvalue weighted by Crippen LogP contribution is 2.25. The fraction of sp³-hybridized carbons (Fsp3) is 0.286. The van der Waals surface area contributed by atoms with Gasteiger partial charge in [-0.1, -0.05) is 12.1 Å². The van der Waals surface area contributed by atoms with Gasteiger partial charge in [0, 0.05) is 54.7 Å². The normalized spacial score (nSPS) is 17.2. The number of hydrogen-bond donors (Lipinski definition) is 0. The van der Waals surface area contributed by atoms with Gasteiger partial charge in [0.2, 0.25) is 0 Å². The van der Waals surface area contributed by atoms with E-state index < -0.39 is 0 Å². The van der Waals surface area contributed by atoms with E-state index in [0.29, 0.717) is 18.8 Å². The molecule has 1 saturated heterocycles. The second kappa shape index (κ2) is 7.48. The van der Waals surface area contributed by atoms with Crippen LogP contribution in [0, 0.1) is 6.92 Å². The number of rotatable bonds is 3. The van der Waals surface area contributed by atoms with Crippen molar-refractivity contribution in [2.24, 2.45) is 0 Å². The summed E-state index contributed by atoms with van der Waals surface area (Å²) < 4.78 is 0. The van der Waals surface area contributed by atoms with Gasteiger partial charge in [0.1, 0.15) is 10.7 Å². The zero-order valence-corrected chi connectivity index (χ0v) is 16.3. The number of benzene rings is 1. The molecule has 138 valence electrons. The average Bonchev–Trinajstić information content (AvgIpc) is 3.18. The molecule has 0 unspecified atom stereocenters. The van der Waals surface area contributed by atoms with E-state index in [2.05, 4.69) is 53.0 Å². The molecule has 1 amide bonds. The third-order valence-corrected chi connectivity index (χ3v) is 5.79. The van der Waals surface area contributed by atoms with Crippen LogP contribution < -0.4 is 4.90 Å². The predicted octanol–water partition coefficient (Wildman–Crippen LogP) is 3.86. The first-order valence-corrected chi connectivity index (χ1v) is 9.98. The first kappa shape index (κ1) is 17.7. The van der Waals surface area contributed by atoms with E-state index in [4.69, 9.17) is 0 Å². The predicted molar refractivity (Wildman–Crippen MR) is 109 cm³/mol. The van der Waals surface area contributed by atoms with Gasteiger partial charge in [0.05, 0.1) is 0 Å². The average molecular weight is 379 g/mol. The lowest BCUT2D eigenvalue weighted by Gasteiger charge is -2.41. The third-order valence-electron chi connectivity index (χ3n) is 4.90. The minimum Gasteiger partial charge on any atom is -0.365 e. The summed E-state index contributed by atoms with van der Waals surface area (Å²) in [6.07, 6.45) is 3.48. The third kappa shape index (κ3) is 3.71. The van der Waals surface area contributed by atoms with Gasteiger partial charge >= 0.3 is 0 Å². The van der Waals surface area contributed by atoms with Crippen LogP contribution in [0.1, 0.15) is 23.0 Å². The number of nitrogens with zero attached hydrogens (tertiary/aromatic N) is 4. The molecule has 0 aliphatic carbocycles. The van der Waals surface area contributed by atoms with E-state index in [9.17, 15) is 4.79 Å². The van der Waals surface area contributed by atoms with Crippen LogP contribution in [0.4, 0.5) is 5.69 Å². The van der Waals surface area contributed by atoms with Crippen molar-refractivity contribution >= 4 is 22.9 Å². The van der Waals surface area contributed by atoms with E-state index in [0.717, 1.165) is 17.1 Å². The molecule has 1 aliphatic heterocycles. The number of aryl methyl sites for hydroxylation is 1. The van der Waals surface area contributed by atoms with Crippen molar-refractivity contribution in [1.82, 2.24) is 14.9 Å². The molecule has 5 nitrogen and oxygen atoms in total. The second-order valence-electron chi connectivity index (χ2n) is 6.91. The lowest BCUT2D eigenvalue weighted by atomic mass is 10.1. The molecule has 0 N–H and O–H groups in total. The van der Waals surface area contributed by atoms with Crippen molar-refractivity contribution in [3.63, 3.8) is 0 Å². The largest absolute Gasteiger partial charge is 0.365 e. The van der Waals surface area contributed by atoms with Gasteiger partial charge in [-0.3, -0.25) is 9.78 Å². The fourth-order valence-corrected chi connectivity index (χ4v) is 4.29. The van der Waals surface area contributed by atoms with Gasteiger partial charge < -0.3 is 9.80 Å². The lowest BCUT2D eigenvalue weighted by molar-refractivity contribution is 0.0721. The number of amides is 1. The van der Waals surface area contributed by atoms with Crippen LogP contribution in [0.2, 0.25) is 0 Å². The van der Waals surface area contributed by atoms with Gasteiger partial charge in [-0.15, -0.1) is 11.3 Å². The molecule has 1 atom stereocenters. The van der Waals surface area contributed by atoms with Crippen molar-refractivity contribution in [1.29, 1.82) is 0 Å². The van der Waals surface area contributed by atoms with Crippen LogP contribution in [0.3, 0.4) is 0 Å². The molecule has 1 aliphatic rings. The van der Waals surface area contributed by atoms with Crippen molar-refractivity contribution < 1.29 is 4.79 Å². The number of pyridine rings is 1. The SMILES string of the molecule is Cc1cccc(N2CCN(C(=O)c3csc(-c4ccncc4)n3)C[C@H]2C)c1. The number of carbonyl (C=O) groups is 1. The minimum absolute atomic E-state index is 0.0160. The van der Waals surface area contributed by atoms with Crippen LogP contribution in [0.15, 0.2) is 54.2 Å². The Morgan fingerprint density at radius 2 is 2.00 bits per heavy atom. The number of aromatic nitrogens is 2. The Morgan fingerprint density at radius 3 is 2.74 bits per heavy atom. The molecule has 3 aromatic rings. The maximum atomic E-state index is 12.9. The number of piperazine rings is 1. The molecule has 0 bridgehead atoms. The maximum Gasteiger partial charge on any atom is 0.273 e. The molecule has 0 radical (unpaired) electrons. The molecule has 1 aromatic carbocycles. The molecule has 0 saturated carbocycles. The summed E-state index contributed by atoms with van der Waals surface area (Å²) >= 11 is 1.50. The van der Waals surface area contributed by atoms with E-state index in [1.165, 1.54) is 22.6 Å². The summed E-state index contributed by atoms with van der Waals surface area (Å²) in [6, 6.07) is 12.6. The standard InChI is InChI=1S/C21H22N4OS/c1-15-4-3-5-18(12-15)25-11-10-24(13-16(25)2)21(26)19-14-27-20(23-19)17-6-8-22-9-7-17/h3-9,12,14,16H,10-11,13H2,1-2H3/t16-/m1/s1. The Kier molecular flexibility index (Phi) is 4.90. The van der Waals surface area contributed by atoms with E-state index in [-0.39, 0.29) is 11.9 Å². The van der Waals surface area contributed by atoms with Gasteiger partial charge in [-0.2, -0.15) is 0 Å². The van der Waals surface area contributed by atoms with Gasteiger partial charge in [-0.25, -0.2) is 4.98 Å². The summed E-state index contributed by atoms with van der Waals surface area (Å²) in [7, 11) is 0. The first-order valence-electron chi connectivity index (χ1n) is 9.10. The molecular formula is C21H22N4OS.